The van der Waals surface area contributed by atoms with Crippen LogP contribution in [0.1, 0.15) is 23.3 Å². The largest absolute Gasteiger partial charge is 0.347 e. The van der Waals surface area contributed by atoms with E-state index in [0.717, 1.165) is 31.6 Å². The zero-order valence-electron chi connectivity index (χ0n) is 8.36. The van der Waals surface area contributed by atoms with Crippen LogP contribution >= 0.6 is 0 Å². The third kappa shape index (κ3) is 1.65. The van der Waals surface area contributed by atoms with Gasteiger partial charge in [0.1, 0.15) is 5.69 Å². The molecule has 4 nitrogen and oxygen atoms in total. The van der Waals surface area contributed by atoms with E-state index in [1.165, 1.54) is 0 Å². The predicted molar refractivity (Wildman–Crippen MR) is 53.7 cm³/mol. The van der Waals surface area contributed by atoms with Crippen molar-refractivity contribution in [1.29, 1.82) is 0 Å². The van der Waals surface area contributed by atoms with E-state index in [4.69, 9.17) is 0 Å². The molecule has 2 rings (SSSR count). The SMILES string of the molecule is Cn1cccc1C(=O)N1CCCCN1. The van der Waals surface area contributed by atoms with Crippen molar-refractivity contribution >= 4 is 5.91 Å². The van der Waals surface area contributed by atoms with Crippen molar-refractivity contribution in [3.63, 3.8) is 0 Å². The summed E-state index contributed by atoms with van der Waals surface area (Å²) in [4.78, 5) is 11.9. The van der Waals surface area contributed by atoms with Gasteiger partial charge in [0.25, 0.3) is 5.91 Å². The van der Waals surface area contributed by atoms with Crippen LogP contribution < -0.4 is 5.43 Å². The molecule has 76 valence electrons. The molecule has 1 N–H and O–H groups in total. The van der Waals surface area contributed by atoms with Crippen molar-refractivity contribution in [2.75, 3.05) is 13.1 Å². The van der Waals surface area contributed by atoms with Crippen LogP contribution in [0.5, 0.6) is 0 Å². The molecule has 0 spiro atoms. The van der Waals surface area contributed by atoms with Gasteiger partial charge in [-0.1, -0.05) is 0 Å². The molecule has 1 saturated heterocycles. The van der Waals surface area contributed by atoms with Gasteiger partial charge in [0.2, 0.25) is 0 Å². The van der Waals surface area contributed by atoms with E-state index in [2.05, 4.69) is 5.43 Å². The summed E-state index contributed by atoms with van der Waals surface area (Å²) in [6.07, 6.45) is 4.12. The Bertz CT molecular complexity index is 326. The first-order valence-corrected chi connectivity index (χ1v) is 4.96. The third-order valence-electron chi connectivity index (χ3n) is 2.52. The maximum atomic E-state index is 11.9. The predicted octanol–water partition coefficient (Wildman–Crippen LogP) is 0.766. The molecule has 1 aromatic rings. The molecule has 0 aromatic carbocycles. The van der Waals surface area contributed by atoms with Gasteiger partial charge in [-0.2, -0.15) is 0 Å². The first-order chi connectivity index (χ1) is 6.79. The lowest BCUT2D eigenvalue weighted by molar-refractivity contribution is 0.0601. The van der Waals surface area contributed by atoms with E-state index in [0.29, 0.717) is 0 Å². The summed E-state index contributed by atoms with van der Waals surface area (Å²) in [6.45, 7) is 1.71. The maximum absolute atomic E-state index is 11.9. The van der Waals surface area contributed by atoms with Crippen LogP contribution in [0.3, 0.4) is 0 Å². The van der Waals surface area contributed by atoms with E-state index in [1.807, 2.05) is 29.9 Å². The highest BCUT2D eigenvalue weighted by molar-refractivity contribution is 5.92. The molecule has 1 aromatic heterocycles. The Labute approximate surface area is 83.5 Å². The summed E-state index contributed by atoms with van der Waals surface area (Å²) < 4.78 is 1.85. The van der Waals surface area contributed by atoms with E-state index in [9.17, 15) is 4.79 Å². The molecule has 0 unspecified atom stereocenters. The number of nitrogens with one attached hydrogen (secondary N) is 1. The number of hydrogen-bond donors (Lipinski definition) is 1. The molecule has 2 heterocycles. The minimum atomic E-state index is 0.0669. The van der Waals surface area contributed by atoms with Crippen molar-refractivity contribution in [2.24, 2.45) is 7.05 Å². The van der Waals surface area contributed by atoms with Crippen LogP contribution in [0.4, 0.5) is 0 Å². The van der Waals surface area contributed by atoms with Crippen molar-refractivity contribution in [1.82, 2.24) is 15.0 Å². The topological polar surface area (TPSA) is 37.3 Å². The molecule has 0 aliphatic carbocycles. The number of amides is 1. The molecule has 1 aliphatic rings. The molecule has 4 heteroatoms. The fourth-order valence-electron chi connectivity index (χ4n) is 1.68. The summed E-state index contributed by atoms with van der Waals surface area (Å²) >= 11 is 0. The zero-order chi connectivity index (χ0) is 9.97. The Balaban J connectivity index is 2.11. The highest BCUT2D eigenvalue weighted by Crippen LogP contribution is 2.07. The molecule has 1 aliphatic heterocycles. The number of hydrazine groups is 1. The number of aromatic nitrogens is 1. The standard InChI is InChI=1S/C10H15N3O/c1-12-7-4-5-9(12)10(14)13-8-3-2-6-11-13/h4-5,7,11H,2-3,6,8H2,1H3. The molecule has 0 atom stereocenters. The van der Waals surface area contributed by atoms with Crippen LogP contribution in [0.15, 0.2) is 18.3 Å². The molecule has 0 bridgehead atoms. The second-order valence-corrected chi connectivity index (χ2v) is 3.58. The van der Waals surface area contributed by atoms with Crippen LogP contribution in [0.25, 0.3) is 0 Å². The molecule has 1 fully saturated rings. The van der Waals surface area contributed by atoms with Gasteiger partial charge in [0.05, 0.1) is 0 Å². The van der Waals surface area contributed by atoms with Crippen molar-refractivity contribution in [3.8, 4) is 0 Å². The molecular formula is C10H15N3O. The summed E-state index contributed by atoms with van der Waals surface area (Å²) in [7, 11) is 1.89. The lowest BCUT2D eigenvalue weighted by Crippen LogP contribution is -2.47. The van der Waals surface area contributed by atoms with Crippen LogP contribution in [0, 0.1) is 0 Å². The number of rotatable bonds is 1. The summed E-state index contributed by atoms with van der Waals surface area (Å²) in [5, 5.41) is 1.71. The number of aryl methyl sites for hydroxylation is 1. The minimum Gasteiger partial charge on any atom is -0.347 e. The van der Waals surface area contributed by atoms with Gasteiger partial charge in [0, 0.05) is 26.3 Å². The zero-order valence-corrected chi connectivity index (χ0v) is 8.36. The van der Waals surface area contributed by atoms with Crippen LogP contribution in [-0.4, -0.2) is 28.6 Å². The van der Waals surface area contributed by atoms with Crippen LogP contribution in [0.2, 0.25) is 0 Å². The van der Waals surface area contributed by atoms with Gasteiger partial charge < -0.3 is 4.57 Å². The minimum absolute atomic E-state index is 0.0669. The molecular weight excluding hydrogens is 178 g/mol. The van der Waals surface area contributed by atoms with Gasteiger partial charge in [0.15, 0.2) is 0 Å². The second-order valence-electron chi connectivity index (χ2n) is 3.58. The third-order valence-corrected chi connectivity index (χ3v) is 2.52. The lowest BCUT2D eigenvalue weighted by Gasteiger charge is -2.27. The number of hydrogen-bond acceptors (Lipinski definition) is 2. The monoisotopic (exact) mass is 193 g/mol. The Kier molecular flexibility index (Phi) is 2.54. The van der Waals surface area contributed by atoms with Gasteiger partial charge in [-0.05, 0) is 25.0 Å². The Hall–Kier alpha value is -1.29. The average molecular weight is 193 g/mol. The Morgan fingerprint density at radius 2 is 2.36 bits per heavy atom. The van der Waals surface area contributed by atoms with Crippen LogP contribution in [-0.2, 0) is 7.05 Å². The van der Waals surface area contributed by atoms with Gasteiger partial charge in [-0.3, -0.25) is 9.80 Å². The van der Waals surface area contributed by atoms with E-state index >= 15 is 0 Å². The van der Waals surface area contributed by atoms with Crippen molar-refractivity contribution < 1.29 is 4.79 Å². The van der Waals surface area contributed by atoms with Crippen molar-refractivity contribution in [2.45, 2.75) is 12.8 Å². The Morgan fingerprint density at radius 1 is 1.50 bits per heavy atom. The van der Waals surface area contributed by atoms with Gasteiger partial charge in [-0.15, -0.1) is 0 Å². The van der Waals surface area contributed by atoms with Gasteiger partial charge in [-0.25, -0.2) is 5.43 Å². The van der Waals surface area contributed by atoms with E-state index < -0.39 is 0 Å². The first-order valence-electron chi connectivity index (χ1n) is 4.96. The quantitative estimate of drug-likeness (QED) is 0.715. The summed E-state index contributed by atoms with van der Waals surface area (Å²) in [6, 6.07) is 3.73. The fourth-order valence-corrected chi connectivity index (χ4v) is 1.68. The first kappa shape index (κ1) is 9.27. The number of carbonyl (C=O) groups excluding carboxylic acids is 1. The van der Waals surface area contributed by atoms with E-state index in [-0.39, 0.29) is 5.91 Å². The number of carbonyl (C=O) groups is 1. The molecule has 1 amide bonds. The fraction of sp³-hybridized carbons (Fsp3) is 0.500. The average Bonchev–Trinajstić information content (AvgIpc) is 2.65. The van der Waals surface area contributed by atoms with E-state index in [1.54, 1.807) is 5.01 Å². The normalized spacial score (nSPS) is 17.1. The second kappa shape index (κ2) is 3.84. The number of nitrogens with zero attached hydrogens (tertiary/aromatic N) is 2. The maximum Gasteiger partial charge on any atom is 0.284 e. The molecule has 0 radical (unpaired) electrons. The summed E-state index contributed by atoms with van der Waals surface area (Å²) in [5.41, 5.74) is 3.84. The molecule has 0 saturated carbocycles. The van der Waals surface area contributed by atoms with Crippen molar-refractivity contribution in [3.05, 3.63) is 24.0 Å². The summed E-state index contributed by atoms with van der Waals surface area (Å²) in [5.74, 6) is 0.0669. The Morgan fingerprint density at radius 3 is 2.93 bits per heavy atom. The highest BCUT2D eigenvalue weighted by Gasteiger charge is 2.19. The smallest absolute Gasteiger partial charge is 0.284 e. The highest BCUT2D eigenvalue weighted by atomic mass is 16.2. The lowest BCUT2D eigenvalue weighted by atomic mass is 10.2. The van der Waals surface area contributed by atoms with Gasteiger partial charge >= 0.3 is 0 Å². The molecule has 14 heavy (non-hydrogen) atoms.